The normalized spacial score (nSPS) is 11.4. The summed E-state index contributed by atoms with van der Waals surface area (Å²) in [6.45, 7) is 4.64. The van der Waals surface area contributed by atoms with Crippen molar-refractivity contribution in [3.8, 4) is 5.75 Å². The summed E-state index contributed by atoms with van der Waals surface area (Å²) in [4.78, 5) is 25.2. The lowest BCUT2D eigenvalue weighted by atomic mass is 9.98. The first-order chi connectivity index (χ1) is 15.6. The SMILES string of the molecule is CCC(C)c1ccccc1OCC(=O)Nc1ccccc1C(=O)NCCc1ccccc1. The van der Waals surface area contributed by atoms with Crippen LogP contribution in [0.1, 0.15) is 47.7 Å². The predicted molar refractivity (Wildman–Crippen MR) is 128 cm³/mol. The van der Waals surface area contributed by atoms with E-state index in [4.69, 9.17) is 4.74 Å². The molecule has 3 rings (SSSR count). The maximum absolute atomic E-state index is 12.7. The van der Waals surface area contributed by atoms with Crippen LogP contribution in [-0.2, 0) is 11.2 Å². The van der Waals surface area contributed by atoms with Gasteiger partial charge in [-0.2, -0.15) is 0 Å². The van der Waals surface area contributed by atoms with Crippen molar-refractivity contribution < 1.29 is 14.3 Å². The van der Waals surface area contributed by atoms with Gasteiger partial charge in [-0.1, -0.05) is 74.5 Å². The van der Waals surface area contributed by atoms with E-state index < -0.39 is 0 Å². The number of ether oxygens (including phenoxy) is 1. The number of hydrogen-bond acceptors (Lipinski definition) is 3. The number of nitrogens with one attached hydrogen (secondary N) is 2. The van der Waals surface area contributed by atoms with Crippen molar-refractivity contribution in [2.24, 2.45) is 0 Å². The van der Waals surface area contributed by atoms with Crippen LogP contribution in [-0.4, -0.2) is 25.0 Å². The van der Waals surface area contributed by atoms with Crippen LogP contribution < -0.4 is 15.4 Å². The monoisotopic (exact) mass is 430 g/mol. The summed E-state index contributed by atoms with van der Waals surface area (Å²) in [5.74, 6) is 0.520. The summed E-state index contributed by atoms with van der Waals surface area (Å²) in [6.07, 6.45) is 1.73. The number of para-hydroxylation sites is 2. The molecular formula is C27H30N2O3. The Kier molecular flexibility index (Phi) is 8.44. The Morgan fingerprint density at radius 1 is 0.906 bits per heavy atom. The molecule has 5 nitrogen and oxygen atoms in total. The topological polar surface area (TPSA) is 67.4 Å². The fourth-order valence-corrected chi connectivity index (χ4v) is 3.42. The smallest absolute Gasteiger partial charge is 0.262 e. The van der Waals surface area contributed by atoms with Gasteiger partial charge in [0.15, 0.2) is 6.61 Å². The number of rotatable bonds is 10. The lowest BCUT2D eigenvalue weighted by Gasteiger charge is -2.16. The summed E-state index contributed by atoms with van der Waals surface area (Å²) >= 11 is 0. The van der Waals surface area contributed by atoms with Gasteiger partial charge >= 0.3 is 0 Å². The zero-order valence-electron chi connectivity index (χ0n) is 18.6. The van der Waals surface area contributed by atoms with Crippen LogP contribution in [0.4, 0.5) is 5.69 Å². The van der Waals surface area contributed by atoms with E-state index in [1.165, 1.54) is 0 Å². The summed E-state index contributed by atoms with van der Waals surface area (Å²) in [6, 6.07) is 24.7. The van der Waals surface area contributed by atoms with Crippen molar-refractivity contribution in [3.05, 3.63) is 95.6 Å². The molecule has 0 fully saturated rings. The van der Waals surface area contributed by atoms with Crippen molar-refractivity contribution in [3.63, 3.8) is 0 Å². The van der Waals surface area contributed by atoms with Gasteiger partial charge in [0, 0.05) is 6.54 Å². The Hall–Kier alpha value is -3.60. The van der Waals surface area contributed by atoms with Gasteiger partial charge in [-0.25, -0.2) is 0 Å². The zero-order valence-corrected chi connectivity index (χ0v) is 18.6. The Morgan fingerprint density at radius 3 is 2.38 bits per heavy atom. The van der Waals surface area contributed by atoms with Crippen molar-refractivity contribution in [2.45, 2.75) is 32.6 Å². The number of carbonyl (C=O) groups is 2. The molecule has 3 aromatic rings. The van der Waals surface area contributed by atoms with E-state index in [0.29, 0.717) is 29.5 Å². The molecule has 0 radical (unpaired) electrons. The minimum absolute atomic E-state index is 0.128. The predicted octanol–water partition coefficient (Wildman–Crippen LogP) is 5.19. The molecule has 2 amide bonds. The molecule has 0 aliphatic carbocycles. The second-order valence-electron chi connectivity index (χ2n) is 7.72. The first-order valence-corrected chi connectivity index (χ1v) is 11.0. The van der Waals surface area contributed by atoms with E-state index in [0.717, 1.165) is 24.0 Å². The lowest BCUT2D eigenvalue weighted by molar-refractivity contribution is -0.118. The van der Waals surface area contributed by atoms with E-state index in [1.807, 2.05) is 54.6 Å². The average Bonchev–Trinajstić information content (AvgIpc) is 2.83. The third-order valence-corrected chi connectivity index (χ3v) is 5.41. The van der Waals surface area contributed by atoms with E-state index in [-0.39, 0.29) is 18.4 Å². The molecule has 0 aromatic heterocycles. The fourth-order valence-electron chi connectivity index (χ4n) is 3.42. The van der Waals surface area contributed by atoms with Crippen LogP contribution in [0.25, 0.3) is 0 Å². The number of anilines is 1. The van der Waals surface area contributed by atoms with E-state index in [2.05, 4.69) is 24.5 Å². The Bertz CT molecular complexity index is 1030. The molecule has 0 aliphatic rings. The van der Waals surface area contributed by atoms with E-state index in [9.17, 15) is 9.59 Å². The third-order valence-electron chi connectivity index (χ3n) is 5.41. The maximum Gasteiger partial charge on any atom is 0.262 e. The summed E-state index contributed by atoms with van der Waals surface area (Å²) in [7, 11) is 0. The Morgan fingerprint density at radius 2 is 1.59 bits per heavy atom. The Labute approximate surface area is 189 Å². The summed E-state index contributed by atoms with van der Waals surface area (Å²) in [5.41, 5.74) is 3.13. The molecule has 0 saturated heterocycles. The highest BCUT2D eigenvalue weighted by Gasteiger charge is 2.15. The zero-order chi connectivity index (χ0) is 22.8. The van der Waals surface area contributed by atoms with Crippen LogP contribution >= 0.6 is 0 Å². The minimum Gasteiger partial charge on any atom is -0.483 e. The molecule has 32 heavy (non-hydrogen) atoms. The molecule has 5 heteroatoms. The van der Waals surface area contributed by atoms with Gasteiger partial charge in [0.2, 0.25) is 0 Å². The van der Waals surface area contributed by atoms with Gasteiger partial charge in [0.1, 0.15) is 5.75 Å². The second kappa shape index (κ2) is 11.7. The highest BCUT2D eigenvalue weighted by molar-refractivity contribution is 6.04. The minimum atomic E-state index is -0.312. The van der Waals surface area contributed by atoms with Crippen molar-refractivity contribution in [1.82, 2.24) is 5.32 Å². The van der Waals surface area contributed by atoms with Gasteiger partial charge in [-0.3, -0.25) is 9.59 Å². The van der Waals surface area contributed by atoms with Crippen LogP contribution in [0.2, 0.25) is 0 Å². The number of hydrogen-bond donors (Lipinski definition) is 2. The highest BCUT2D eigenvalue weighted by Crippen LogP contribution is 2.28. The second-order valence-corrected chi connectivity index (χ2v) is 7.72. The standard InChI is InChI=1S/C27H30N2O3/c1-3-20(2)22-13-8-10-16-25(22)32-19-26(30)29-24-15-9-7-14-23(24)27(31)28-18-17-21-11-5-4-6-12-21/h4-16,20H,3,17-19H2,1-2H3,(H,28,31)(H,29,30). The lowest BCUT2D eigenvalue weighted by Crippen LogP contribution is -2.28. The van der Waals surface area contributed by atoms with Crippen LogP contribution in [0.3, 0.4) is 0 Å². The number of benzene rings is 3. The van der Waals surface area contributed by atoms with Gasteiger partial charge in [-0.05, 0) is 48.1 Å². The van der Waals surface area contributed by atoms with Crippen molar-refractivity contribution in [2.75, 3.05) is 18.5 Å². The van der Waals surface area contributed by atoms with E-state index in [1.54, 1.807) is 24.3 Å². The van der Waals surface area contributed by atoms with Gasteiger partial charge in [-0.15, -0.1) is 0 Å². The number of carbonyl (C=O) groups excluding carboxylic acids is 2. The van der Waals surface area contributed by atoms with Gasteiger partial charge in [0.05, 0.1) is 11.3 Å². The largest absolute Gasteiger partial charge is 0.483 e. The van der Waals surface area contributed by atoms with Crippen LogP contribution in [0.5, 0.6) is 5.75 Å². The molecule has 166 valence electrons. The van der Waals surface area contributed by atoms with E-state index >= 15 is 0 Å². The first-order valence-electron chi connectivity index (χ1n) is 11.0. The molecule has 0 heterocycles. The highest BCUT2D eigenvalue weighted by atomic mass is 16.5. The van der Waals surface area contributed by atoms with Crippen LogP contribution in [0, 0.1) is 0 Å². The number of amides is 2. The quantitative estimate of drug-likeness (QED) is 0.465. The van der Waals surface area contributed by atoms with Gasteiger partial charge < -0.3 is 15.4 Å². The van der Waals surface area contributed by atoms with Gasteiger partial charge in [0.25, 0.3) is 11.8 Å². The molecule has 0 bridgehead atoms. The molecule has 1 unspecified atom stereocenters. The molecule has 2 N–H and O–H groups in total. The van der Waals surface area contributed by atoms with Crippen molar-refractivity contribution in [1.29, 1.82) is 0 Å². The molecule has 0 saturated carbocycles. The maximum atomic E-state index is 12.7. The molecule has 0 aliphatic heterocycles. The first kappa shape index (κ1) is 23.1. The van der Waals surface area contributed by atoms with Crippen LogP contribution in [0.15, 0.2) is 78.9 Å². The summed E-state index contributed by atoms with van der Waals surface area (Å²) < 4.78 is 5.80. The van der Waals surface area contributed by atoms with Crippen molar-refractivity contribution >= 4 is 17.5 Å². The Balaban J connectivity index is 1.57. The molecule has 1 atom stereocenters. The average molecular weight is 431 g/mol. The molecule has 0 spiro atoms. The summed E-state index contributed by atoms with van der Waals surface area (Å²) in [5, 5.41) is 5.73. The fraction of sp³-hybridized carbons (Fsp3) is 0.259. The third kappa shape index (κ3) is 6.45. The molecule has 3 aromatic carbocycles. The molecular weight excluding hydrogens is 400 g/mol.